The molecule has 7 heteroatoms. The van der Waals surface area contributed by atoms with Gasteiger partial charge in [0.2, 0.25) is 0 Å². The van der Waals surface area contributed by atoms with E-state index in [4.69, 9.17) is 27.9 Å². The first-order valence-corrected chi connectivity index (χ1v) is 12.4. The van der Waals surface area contributed by atoms with Crippen LogP contribution in [0.4, 0.5) is 5.69 Å². The number of carbonyl (C=O) groups is 2. The minimum Gasteiger partial charge on any atom is -0.507 e. The van der Waals surface area contributed by atoms with Crippen LogP contribution in [0.1, 0.15) is 50.4 Å². The summed E-state index contributed by atoms with van der Waals surface area (Å²) in [4.78, 5) is 28.2. The fraction of sp³-hybridized carbons (Fsp3) is 0.241. The zero-order chi connectivity index (χ0) is 26.2. The van der Waals surface area contributed by atoms with Crippen molar-refractivity contribution in [3.63, 3.8) is 0 Å². The molecule has 1 N–H and O–H groups in total. The summed E-state index contributed by atoms with van der Waals surface area (Å²) in [5, 5.41) is 11.8. The Labute approximate surface area is 220 Å². The molecule has 4 rings (SSSR count). The first kappa shape index (κ1) is 25.8. The number of rotatable bonds is 5. The van der Waals surface area contributed by atoms with Gasteiger partial charge in [0.1, 0.15) is 11.5 Å². The maximum Gasteiger partial charge on any atom is 0.300 e. The van der Waals surface area contributed by atoms with Gasteiger partial charge in [-0.3, -0.25) is 14.5 Å². The molecule has 36 heavy (non-hydrogen) atoms. The van der Waals surface area contributed by atoms with Gasteiger partial charge in [-0.1, -0.05) is 74.3 Å². The predicted molar refractivity (Wildman–Crippen MR) is 144 cm³/mol. The molecule has 0 radical (unpaired) electrons. The Balaban J connectivity index is 1.93. The van der Waals surface area contributed by atoms with Crippen LogP contribution >= 0.6 is 23.2 Å². The fourth-order valence-corrected chi connectivity index (χ4v) is 4.57. The Bertz CT molecular complexity index is 1360. The van der Waals surface area contributed by atoms with Crippen LogP contribution < -0.4 is 9.64 Å². The van der Waals surface area contributed by atoms with E-state index in [9.17, 15) is 14.7 Å². The molecular formula is C29H27Cl2NO4. The lowest BCUT2D eigenvalue weighted by Crippen LogP contribution is -2.29. The van der Waals surface area contributed by atoms with E-state index in [2.05, 4.69) is 20.8 Å². The third kappa shape index (κ3) is 4.86. The summed E-state index contributed by atoms with van der Waals surface area (Å²) < 4.78 is 5.62. The minimum atomic E-state index is -0.856. The van der Waals surface area contributed by atoms with E-state index in [0.717, 1.165) is 5.56 Å². The summed E-state index contributed by atoms with van der Waals surface area (Å²) in [5.74, 6) is -1.27. The van der Waals surface area contributed by atoms with Gasteiger partial charge in [-0.25, -0.2) is 0 Å². The monoisotopic (exact) mass is 523 g/mol. The number of Topliss-reactive ketones (excluding diaryl/α,β-unsaturated/α-hetero) is 1. The molecule has 1 atom stereocenters. The highest BCUT2D eigenvalue weighted by Crippen LogP contribution is 2.43. The molecular weight excluding hydrogens is 497 g/mol. The van der Waals surface area contributed by atoms with E-state index < -0.39 is 17.7 Å². The third-order valence-electron chi connectivity index (χ3n) is 6.14. The number of anilines is 1. The first-order chi connectivity index (χ1) is 17.0. The van der Waals surface area contributed by atoms with Crippen molar-refractivity contribution in [1.82, 2.24) is 0 Å². The SMILES string of the molecule is CCOc1cccc(N2C(=O)C(=O)/C(=C(/O)c3ccc(Cl)c(Cl)c3)C2c2ccc(C(C)(C)C)cc2)c1. The van der Waals surface area contributed by atoms with E-state index in [0.29, 0.717) is 34.2 Å². The van der Waals surface area contributed by atoms with Gasteiger partial charge in [-0.2, -0.15) is 0 Å². The Kier molecular flexibility index (Phi) is 7.17. The highest BCUT2D eigenvalue weighted by molar-refractivity contribution is 6.51. The Morgan fingerprint density at radius 3 is 2.28 bits per heavy atom. The Morgan fingerprint density at radius 2 is 1.67 bits per heavy atom. The second-order valence-electron chi connectivity index (χ2n) is 9.60. The van der Waals surface area contributed by atoms with Crippen LogP contribution in [0.15, 0.2) is 72.3 Å². The third-order valence-corrected chi connectivity index (χ3v) is 6.88. The maximum atomic E-state index is 13.4. The molecule has 0 aliphatic carbocycles. The summed E-state index contributed by atoms with van der Waals surface area (Å²) in [7, 11) is 0. The summed E-state index contributed by atoms with van der Waals surface area (Å²) in [6.45, 7) is 8.65. The van der Waals surface area contributed by atoms with Crippen molar-refractivity contribution < 1.29 is 19.4 Å². The minimum absolute atomic E-state index is 0.0243. The van der Waals surface area contributed by atoms with Crippen molar-refractivity contribution in [2.24, 2.45) is 0 Å². The average Bonchev–Trinajstić information content (AvgIpc) is 3.10. The molecule has 1 unspecified atom stereocenters. The van der Waals surface area contributed by atoms with Gasteiger partial charge in [-0.15, -0.1) is 0 Å². The number of ketones is 1. The molecule has 3 aromatic rings. The van der Waals surface area contributed by atoms with Gasteiger partial charge < -0.3 is 9.84 Å². The van der Waals surface area contributed by atoms with Gasteiger partial charge in [0.25, 0.3) is 11.7 Å². The van der Waals surface area contributed by atoms with Crippen LogP contribution in [0.25, 0.3) is 5.76 Å². The standard InChI is InChI=1S/C29H27Cl2NO4/c1-5-36-21-8-6-7-20(16-21)32-25(17-9-12-19(13-10-17)29(2,3)4)24(27(34)28(32)35)26(33)18-11-14-22(30)23(31)15-18/h6-16,25,33H,5H2,1-4H3/b26-24+. The molecule has 0 aromatic heterocycles. The molecule has 5 nitrogen and oxygen atoms in total. The van der Waals surface area contributed by atoms with Gasteiger partial charge in [0.05, 0.1) is 28.3 Å². The first-order valence-electron chi connectivity index (χ1n) is 11.6. The number of halogens is 2. The van der Waals surface area contributed by atoms with Crippen LogP contribution in [-0.2, 0) is 15.0 Å². The summed E-state index contributed by atoms with van der Waals surface area (Å²) in [6, 6.07) is 18.4. The number of carbonyl (C=O) groups excluding carboxylic acids is 2. The van der Waals surface area contributed by atoms with E-state index in [1.165, 1.54) is 17.0 Å². The lowest BCUT2D eigenvalue weighted by molar-refractivity contribution is -0.132. The molecule has 1 heterocycles. The van der Waals surface area contributed by atoms with E-state index in [1.807, 2.05) is 31.2 Å². The molecule has 1 fully saturated rings. The summed E-state index contributed by atoms with van der Waals surface area (Å²) in [5.41, 5.74) is 2.47. The number of aliphatic hydroxyl groups is 1. The van der Waals surface area contributed by atoms with Crippen molar-refractivity contribution in [2.45, 2.75) is 39.2 Å². The number of hydrogen-bond acceptors (Lipinski definition) is 4. The van der Waals surface area contributed by atoms with Crippen molar-refractivity contribution in [3.05, 3.63) is 99.0 Å². The molecule has 1 aliphatic rings. The van der Waals surface area contributed by atoms with Gasteiger partial charge in [-0.05, 0) is 53.8 Å². The quantitative estimate of drug-likeness (QED) is 0.216. The summed E-state index contributed by atoms with van der Waals surface area (Å²) in [6.07, 6.45) is 0. The van der Waals surface area contributed by atoms with Crippen LogP contribution in [0, 0.1) is 0 Å². The second kappa shape index (κ2) is 10.00. The van der Waals surface area contributed by atoms with E-state index in [1.54, 1.807) is 30.3 Å². The largest absolute Gasteiger partial charge is 0.507 e. The number of amides is 1. The van der Waals surface area contributed by atoms with Gasteiger partial charge >= 0.3 is 0 Å². The topological polar surface area (TPSA) is 66.8 Å². The fourth-order valence-electron chi connectivity index (χ4n) is 4.27. The molecule has 1 amide bonds. The van der Waals surface area contributed by atoms with Gasteiger partial charge in [0, 0.05) is 17.3 Å². The van der Waals surface area contributed by atoms with Crippen molar-refractivity contribution in [2.75, 3.05) is 11.5 Å². The molecule has 0 saturated carbocycles. The Hall–Kier alpha value is -3.28. The van der Waals surface area contributed by atoms with Crippen LogP contribution in [0.5, 0.6) is 5.75 Å². The number of nitrogens with zero attached hydrogens (tertiary/aromatic N) is 1. The maximum absolute atomic E-state index is 13.4. The second-order valence-corrected chi connectivity index (χ2v) is 10.4. The van der Waals surface area contributed by atoms with E-state index >= 15 is 0 Å². The lowest BCUT2D eigenvalue weighted by Gasteiger charge is -2.27. The lowest BCUT2D eigenvalue weighted by atomic mass is 9.85. The number of benzene rings is 3. The normalized spacial score (nSPS) is 17.5. The number of ether oxygens (including phenoxy) is 1. The van der Waals surface area contributed by atoms with Crippen LogP contribution in [0.2, 0.25) is 10.0 Å². The molecule has 1 saturated heterocycles. The molecule has 0 spiro atoms. The predicted octanol–water partition coefficient (Wildman–Crippen LogP) is 7.32. The molecule has 0 bridgehead atoms. The van der Waals surface area contributed by atoms with E-state index in [-0.39, 0.29) is 21.8 Å². The molecule has 186 valence electrons. The van der Waals surface area contributed by atoms with Crippen LogP contribution in [0.3, 0.4) is 0 Å². The molecule has 3 aromatic carbocycles. The zero-order valence-electron chi connectivity index (χ0n) is 20.5. The van der Waals surface area contributed by atoms with Crippen molar-refractivity contribution >= 4 is 46.3 Å². The molecule has 1 aliphatic heterocycles. The smallest absolute Gasteiger partial charge is 0.300 e. The highest BCUT2D eigenvalue weighted by atomic mass is 35.5. The summed E-state index contributed by atoms with van der Waals surface area (Å²) >= 11 is 12.2. The van der Waals surface area contributed by atoms with Crippen molar-refractivity contribution in [1.29, 1.82) is 0 Å². The van der Waals surface area contributed by atoms with Crippen LogP contribution in [-0.4, -0.2) is 23.4 Å². The Morgan fingerprint density at radius 1 is 0.972 bits per heavy atom. The van der Waals surface area contributed by atoms with Crippen molar-refractivity contribution in [3.8, 4) is 5.75 Å². The zero-order valence-corrected chi connectivity index (χ0v) is 22.0. The average molecular weight is 524 g/mol. The number of aliphatic hydroxyl groups excluding tert-OH is 1. The highest BCUT2D eigenvalue weighted by Gasteiger charge is 2.47. The van der Waals surface area contributed by atoms with Gasteiger partial charge in [0.15, 0.2) is 0 Å². The number of hydrogen-bond donors (Lipinski definition) is 1.